The molecule has 0 spiro atoms. The van der Waals surface area contributed by atoms with Crippen molar-refractivity contribution in [1.29, 1.82) is 0 Å². The molecule has 2 N–H and O–H groups in total. The first-order valence-corrected chi connectivity index (χ1v) is 10.4. The van der Waals surface area contributed by atoms with Crippen LogP contribution in [0.3, 0.4) is 0 Å². The largest absolute Gasteiger partial charge is 0.372 e. The van der Waals surface area contributed by atoms with Crippen LogP contribution < -0.4 is 15.5 Å². The fourth-order valence-electron chi connectivity index (χ4n) is 3.50. The van der Waals surface area contributed by atoms with Gasteiger partial charge in [-0.2, -0.15) is 0 Å². The maximum Gasteiger partial charge on any atom is 0.251 e. The molecule has 1 aliphatic rings. The van der Waals surface area contributed by atoms with Crippen LogP contribution in [0.25, 0.3) is 0 Å². The highest BCUT2D eigenvalue weighted by Gasteiger charge is 2.15. The summed E-state index contributed by atoms with van der Waals surface area (Å²) in [4.78, 5) is 26.8. The summed E-state index contributed by atoms with van der Waals surface area (Å²) in [6.07, 6.45) is 3.77. The third-order valence-electron chi connectivity index (χ3n) is 5.29. The van der Waals surface area contributed by atoms with Gasteiger partial charge in [-0.05, 0) is 66.6 Å². The molecule has 0 radical (unpaired) electrons. The number of hydrogen-bond acceptors (Lipinski definition) is 3. The minimum Gasteiger partial charge on any atom is -0.372 e. The molecular weight excluding hydrogens is 362 g/mol. The number of carbonyl (C=O) groups is 2. The summed E-state index contributed by atoms with van der Waals surface area (Å²) in [5.41, 5.74) is 3.68. The van der Waals surface area contributed by atoms with Crippen molar-refractivity contribution in [3.8, 4) is 0 Å². The van der Waals surface area contributed by atoms with Crippen LogP contribution in [-0.2, 0) is 10.2 Å². The van der Waals surface area contributed by atoms with Gasteiger partial charge < -0.3 is 15.5 Å². The van der Waals surface area contributed by atoms with Gasteiger partial charge in [-0.25, -0.2) is 0 Å². The van der Waals surface area contributed by atoms with E-state index in [9.17, 15) is 9.59 Å². The molecule has 5 nitrogen and oxygen atoms in total. The van der Waals surface area contributed by atoms with E-state index in [1.807, 2.05) is 36.4 Å². The molecule has 29 heavy (non-hydrogen) atoms. The third kappa shape index (κ3) is 5.83. The number of nitrogens with zero attached hydrogens (tertiary/aromatic N) is 1. The summed E-state index contributed by atoms with van der Waals surface area (Å²) < 4.78 is 0. The van der Waals surface area contributed by atoms with E-state index >= 15 is 0 Å². The molecule has 0 aliphatic carbocycles. The van der Waals surface area contributed by atoms with Gasteiger partial charge in [0.2, 0.25) is 5.91 Å². The second-order valence-electron chi connectivity index (χ2n) is 8.65. The topological polar surface area (TPSA) is 61.4 Å². The maximum absolute atomic E-state index is 12.3. The molecule has 0 saturated carbocycles. The van der Waals surface area contributed by atoms with Gasteiger partial charge in [-0.3, -0.25) is 9.59 Å². The number of piperidine rings is 1. The molecule has 1 heterocycles. The monoisotopic (exact) mass is 393 g/mol. The van der Waals surface area contributed by atoms with E-state index in [-0.39, 0.29) is 23.8 Å². The van der Waals surface area contributed by atoms with Crippen molar-refractivity contribution in [3.05, 3.63) is 59.7 Å². The van der Waals surface area contributed by atoms with Crippen LogP contribution in [0.15, 0.2) is 48.5 Å². The Morgan fingerprint density at radius 2 is 1.52 bits per heavy atom. The molecule has 0 bridgehead atoms. The Morgan fingerprint density at radius 3 is 2.10 bits per heavy atom. The molecule has 1 fully saturated rings. The highest BCUT2D eigenvalue weighted by atomic mass is 16.2. The lowest BCUT2D eigenvalue weighted by molar-refractivity contribution is -0.115. The predicted molar refractivity (Wildman–Crippen MR) is 119 cm³/mol. The van der Waals surface area contributed by atoms with E-state index in [0.717, 1.165) is 18.8 Å². The van der Waals surface area contributed by atoms with Crippen LogP contribution in [0.4, 0.5) is 11.4 Å². The van der Waals surface area contributed by atoms with Crippen LogP contribution in [-0.4, -0.2) is 31.4 Å². The maximum atomic E-state index is 12.3. The van der Waals surface area contributed by atoms with Gasteiger partial charge in [0.25, 0.3) is 5.91 Å². The van der Waals surface area contributed by atoms with E-state index in [0.29, 0.717) is 5.56 Å². The van der Waals surface area contributed by atoms with Crippen LogP contribution in [0.5, 0.6) is 0 Å². The Labute approximate surface area is 173 Å². The minimum absolute atomic E-state index is 0.0401. The Kier molecular flexibility index (Phi) is 6.57. The van der Waals surface area contributed by atoms with Gasteiger partial charge in [0.15, 0.2) is 0 Å². The SMILES string of the molecule is CC(C)(C)c1ccc(C(=O)NCC(=O)Nc2ccc(N3CCCCC3)cc2)cc1. The average molecular weight is 394 g/mol. The fourth-order valence-corrected chi connectivity index (χ4v) is 3.50. The molecule has 0 unspecified atom stereocenters. The van der Waals surface area contributed by atoms with Crippen molar-refractivity contribution in [2.75, 3.05) is 29.9 Å². The summed E-state index contributed by atoms with van der Waals surface area (Å²) >= 11 is 0. The average Bonchev–Trinajstić information content (AvgIpc) is 2.73. The minimum atomic E-state index is -0.249. The van der Waals surface area contributed by atoms with Crippen LogP contribution in [0.1, 0.15) is 56.0 Å². The quantitative estimate of drug-likeness (QED) is 0.794. The van der Waals surface area contributed by atoms with E-state index in [1.54, 1.807) is 12.1 Å². The molecule has 5 heteroatoms. The number of carbonyl (C=O) groups excluding carboxylic acids is 2. The zero-order valence-electron chi connectivity index (χ0n) is 17.6. The lowest BCUT2D eigenvalue weighted by Gasteiger charge is -2.28. The molecule has 0 aromatic heterocycles. The molecular formula is C24H31N3O2. The number of amides is 2. The molecule has 154 valence electrons. The molecule has 2 aromatic rings. The van der Waals surface area contributed by atoms with Gasteiger partial charge in [0.05, 0.1) is 6.54 Å². The fraction of sp³-hybridized carbons (Fsp3) is 0.417. The van der Waals surface area contributed by atoms with E-state index in [1.165, 1.54) is 30.5 Å². The van der Waals surface area contributed by atoms with E-state index < -0.39 is 0 Å². The van der Waals surface area contributed by atoms with E-state index in [4.69, 9.17) is 0 Å². The zero-order valence-corrected chi connectivity index (χ0v) is 17.6. The highest BCUT2D eigenvalue weighted by molar-refractivity contribution is 5.99. The summed E-state index contributed by atoms with van der Waals surface area (Å²) in [6.45, 7) is 8.51. The van der Waals surface area contributed by atoms with Crippen LogP contribution in [0, 0.1) is 0 Å². The number of anilines is 2. The first kappa shape index (κ1) is 20.9. The van der Waals surface area contributed by atoms with Crippen molar-refractivity contribution in [2.45, 2.75) is 45.4 Å². The summed E-state index contributed by atoms with van der Waals surface area (Å²) in [7, 11) is 0. The summed E-state index contributed by atoms with van der Waals surface area (Å²) in [5, 5.41) is 5.52. The second-order valence-corrected chi connectivity index (χ2v) is 8.65. The Balaban J connectivity index is 1.48. The number of rotatable bonds is 5. The molecule has 0 atom stereocenters. The van der Waals surface area contributed by atoms with Crippen molar-refractivity contribution in [2.24, 2.45) is 0 Å². The van der Waals surface area contributed by atoms with Gasteiger partial charge in [-0.1, -0.05) is 32.9 Å². The normalized spacial score (nSPS) is 14.4. The highest BCUT2D eigenvalue weighted by Crippen LogP contribution is 2.23. The molecule has 2 amide bonds. The van der Waals surface area contributed by atoms with Crippen LogP contribution in [0.2, 0.25) is 0 Å². The van der Waals surface area contributed by atoms with Crippen molar-refractivity contribution >= 4 is 23.2 Å². The molecule has 1 aliphatic heterocycles. The summed E-state index contributed by atoms with van der Waals surface area (Å²) in [6, 6.07) is 15.4. The second kappa shape index (κ2) is 9.12. The van der Waals surface area contributed by atoms with Crippen molar-refractivity contribution in [1.82, 2.24) is 5.32 Å². The number of hydrogen-bond donors (Lipinski definition) is 2. The Morgan fingerprint density at radius 1 is 0.897 bits per heavy atom. The Hall–Kier alpha value is -2.82. The van der Waals surface area contributed by atoms with Crippen molar-refractivity contribution in [3.63, 3.8) is 0 Å². The predicted octanol–water partition coefficient (Wildman–Crippen LogP) is 4.34. The molecule has 1 saturated heterocycles. The first-order valence-electron chi connectivity index (χ1n) is 10.4. The third-order valence-corrected chi connectivity index (χ3v) is 5.29. The Bertz CT molecular complexity index is 830. The number of benzene rings is 2. The molecule has 3 rings (SSSR count). The lowest BCUT2D eigenvalue weighted by Crippen LogP contribution is -2.33. The van der Waals surface area contributed by atoms with Gasteiger partial charge in [-0.15, -0.1) is 0 Å². The van der Waals surface area contributed by atoms with Gasteiger partial charge in [0.1, 0.15) is 0 Å². The lowest BCUT2D eigenvalue weighted by atomic mass is 9.87. The van der Waals surface area contributed by atoms with Crippen LogP contribution >= 0.6 is 0 Å². The summed E-state index contributed by atoms with van der Waals surface area (Å²) in [5.74, 6) is -0.489. The standard InChI is InChI=1S/C24H31N3O2/c1-24(2,3)19-9-7-18(8-10-19)23(29)25-17-22(28)26-20-11-13-21(14-12-20)27-15-5-4-6-16-27/h7-14H,4-6,15-17H2,1-3H3,(H,25,29)(H,26,28). The van der Waals surface area contributed by atoms with Gasteiger partial charge >= 0.3 is 0 Å². The zero-order chi connectivity index (χ0) is 20.9. The smallest absolute Gasteiger partial charge is 0.251 e. The van der Waals surface area contributed by atoms with E-state index in [2.05, 4.69) is 36.3 Å². The van der Waals surface area contributed by atoms with Gasteiger partial charge in [0, 0.05) is 30.0 Å². The number of nitrogens with one attached hydrogen (secondary N) is 2. The molecule has 2 aromatic carbocycles. The first-order chi connectivity index (χ1) is 13.8. The van der Waals surface area contributed by atoms with Crippen molar-refractivity contribution < 1.29 is 9.59 Å².